The zero-order valence-electron chi connectivity index (χ0n) is 11.7. The maximum absolute atomic E-state index is 5.42. The van der Waals surface area contributed by atoms with Crippen LogP contribution in [-0.2, 0) is 6.54 Å². The first-order valence-corrected chi connectivity index (χ1v) is 7.24. The summed E-state index contributed by atoms with van der Waals surface area (Å²) in [5.41, 5.74) is 3.40. The Balaban J connectivity index is 1.92. The van der Waals surface area contributed by atoms with E-state index in [1.807, 2.05) is 19.9 Å². The van der Waals surface area contributed by atoms with Gasteiger partial charge in [-0.3, -0.25) is 5.43 Å². The van der Waals surface area contributed by atoms with Crippen molar-refractivity contribution in [2.24, 2.45) is 5.84 Å². The summed E-state index contributed by atoms with van der Waals surface area (Å²) in [6.45, 7) is 4.47. The molecule has 0 saturated heterocycles. The van der Waals surface area contributed by atoms with E-state index in [-0.39, 0.29) is 0 Å². The molecule has 0 atom stereocenters. The van der Waals surface area contributed by atoms with E-state index in [9.17, 15) is 0 Å². The van der Waals surface area contributed by atoms with Crippen molar-refractivity contribution in [2.75, 3.05) is 10.7 Å². The molecule has 3 heterocycles. The molecule has 3 aromatic heterocycles. The summed E-state index contributed by atoms with van der Waals surface area (Å²) in [5, 5.41) is 4.28. The third-order valence-electron chi connectivity index (χ3n) is 2.92. The first-order chi connectivity index (χ1) is 10.2. The number of hydrogen-bond donors (Lipinski definition) is 3. The average molecular weight is 301 g/mol. The minimum absolute atomic E-state index is 0.394. The van der Waals surface area contributed by atoms with Crippen molar-refractivity contribution in [1.29, 1.82) is 0 Å². The predicted octanol–water partition coefficient (Wildman–Crippen LogP) is 2.00. The molecule has 7 nitrogen and oxygen atoms in total. The van der Waals surface area contributed by atoms with Gasteiger partial charge in [-0.2, -0.15) is 4.98 Å². The summed E-state index contributed by atoms with van der Waals surface area (Å²) in [6, 6.07) is 3.94. The highest BCUT2D eigenvalue weighted by Crippen LogP contribution is 2.29. The molecule has 0 unspecified atom stereocenters. The highest BCUT2D eigenvalue weighted by Gasteiger charge is 2.10. The van der Waals surface area contributed by atoms with Gasteiger partial charge in [0, 0.05) is 11.1 Å². The van der Waals surface area contributed by atoms with Gasteiger partial charge in [-0.1, -0.05) is 0 Å². The number of nitrogens with two attached hydrogens (primary N) is 1. The highest BCUT2D eigenvalue weighted by molar-refractivity contribution is 7.18. The molecule has 3 rings (SSSR count). The van der Waals surface area contributed by atoms with E-state index >= 15 is 0 Å². The van der Waals surface area contributed by atoms with Gasteiger partial charge in [-0.05, 0) is 26.0 Å². The molecule has 108 valence electrons. The highest BCUT2D eigenvalue weighted by atomic mass is 32.1. The molecular formula is C13H15N7S. The Morgan fingerprint density at radius 1 is 1.24 bits per heavy atom. The lowest BCUT2D eigenvalue weighted by atomic mass is 10.3. The van der Waals surface area contributed by atoms with Crippen molar-refractivity contribution in [2.45, 2.75) is 20.4 Å². The van der Waals surface area contributed by atoms with Crippen molar-refractivity contribution < 1.29 is 0 Å². The second kappa shape index (κ2) is 5.58. The van der Waals surface area contributed by atoms with Crippen LogP contribution in [0.25, 0.3) is 10.2 Å². The van der Waals surface area contributed by atoms with Crippen LogP contribution in [0.4, 0.5) is 11.8 Å². The van der Waals surface area contributed by atoms with Crippen LogP contribution in [0, 0.1) is 13.8 Å². The lowest BCUT2D eigenvalue weighted by Crippen LogP contribution is -2.12. The van der Waals surface area contributed by atoms with E-state index < -0.39 is 0 Å². The Labute approximate surface area is 125 Å². The van der Waals surface area contributed by atoms with Crippen LogP contribution in [0.5, 0.6) is 0 Å². The van der Waals surface area contributed by atoms with Crippen LogP contribution < -0.4 is 16.6 Å². The van der Waals surface area contributed by atoms with Crippen molar-refractivity contribution >= 4 is 33.3 Å². The standard InChI is InChI=1S/C13H15N7S/c1-7-5-10-11(18-13(20-14)19-12(10)21-7)16-6-9-3-4-15-8(2)17-9/h3-5H,6,14H2,1-2H3,(H2,16,18,19,20). The molecule has 8 heteroatoms. The molecule has 0 aliphatic carbocycles. The molecule has 0 spiro atoms. The number of nitrogens with one attached hydrogen (secondary N) is 2. The molecule has 3 aromatic rings. The van der Waals surface area contributed by atoms with Crippen LogP contribution in [0.1, 0.15) is 16.4 Å². The molecule has 0 radical (unpaired) electrons. The Bertz CT molecular complexity index is 783. The largest absolute Gasteiger partial charge is 0.364 e. The fraction of sp³-hybridized carbons (Fsp3) is 0.231. The summed E-state index contributed by atoms with van der Waals surface area (Å²) in [5.74, 6) is 7.31. The molecule has 21 heavy (non-hydrogen) atoms. The normalized spacial score (nSPS) is 10.8. The quantitative estimate of drug-likeness (QED) is 0.500. The monoisotopic (exact) mass is 301 g/mol. The van der Waals surface area contributed by atoms with Crippen LogP contribution >= 0.6 is 11.3 Å². The Hall–Kier alpha value is -2.32. The third-order valence-corrected chi connectivity index (χ3v) is 3.86. The molecule has 4 N–H and O–H groups in total. The molecule has 0 aliphatic rings. The number of nitrogen functional groups attached to an aromatic ring is 1. The second-order valence-corrected chi connectivity index (χ2v) is 5.80. The van der Waals surface area contributed by atoms with Gasteiger partial charge in [0.1, 0.15) is 16.5 Å². The van der Waals surface area contributed by atoms with Gasteiger partial charge in [0.15, 0.2) is 0 Å². The summed E-state index contributed by atoms with van der Waals surface area (Å²) in [6.07, 6.45) is 1.75. The van der Waals surface area contributed by atoms with Crippen LogP contribution in [0.3, 0.4) is 0 Å². The molecule has 0 aromatic carbocycles. The lowest BCUT2D eigenvalue weighted by Gasteiger charge is -2.08. The minimum atomic E-state index is 0.394. The van der Waals surface area contributed by atoms with Crippen LogP contribution in [-0.4, -0.2) is 19.9 Å². The Morgan fingerprint density at radius 3 is 2.86 bits per heavy atom. The number of aromatic nitrogens is 4. The zero-order chi connectivity index (χ0) is 14.8. The molecular weight excluding hydrogens is 286 g/mol. The maximum Gasteiger partial charge on any atom is 0.240 e. The fourth-order valence-electron chi connectivity index (χ4n) is 2.02. The first kappa shape index (κ1) is 13.7. The number of hydrazine groups is 1. The molecule has 0 bridgehead atoms. The van der Waals surface area contributed by atoms with E-state index in [2.05, 4.69) is 36.7 Å². The number of hydrogen-bond acceptors (Lipinski definition) is 8. The van der Waals surface area contributed by atoms with Crippen molar-refractivity contribution in [3.05, 3.63) is 34.7 Å². The first-order valence-electron chi connectivity index (χ1n) is 6.43. The summed E-state index contributed by atoms with van der Waals surface area (Å²) in [7, 11) is 0. The fourth-order valence-corrected chi connectivity index (χ4v) is 2.90. The molecule has 0 saturated carbocycles. The van der Waals surface area contributed by atoms with Crippen molar-refractivity contribution in [3.63, 3.8) is 0 Å². The average Bonchev–Trinajstić information content (AvgIpc) is 2.85. The summed E-state index contributed by atoms with van der Waals surface area (Å²) in [4.78, 5) is 19.2. The van der Waals surface area contributed by atoms with E-state index in [0.29, 0.717) is 12.5 Å². The number of thiophene rings is 1. The predicted molar refractivity (Wildman–Crippen MR) is 84.1 cm³/mol. The molecule has 0 aliphatic heterocycles. The van der Waals surface area contributed by atoms with Crippen molar-refractivity contribution in [1.82, 2.24) is 19.9 Å². The van der Waals surface area contributed by atoms with Crippen LogP contribution in [0.2, 0.25) is 0 Å². The van der Waals surface area contributed by atoms with Gasteiger partial charge in [0.2, 0.25) is 5.95 Å². The van der Waals surface area contributed by atoms with E-state index in [1.54, 1.807) is 17.5 Å². The maximum atomic E-state index is 5.42. The Kier molecular flexibility index (Phi) is 3.63. The van der Waals surface area contributed by atoms with Gasteiger partial charge in [0.05, 0.1) is 17.6 Å². The lowest BCUT2D eigenvalue weighted by molar-refractivity contribution is 0.950. The van der Waals surface area contributed by atoms with Gasteiger partial charge < -0.3 is 5.32 Å². The number of aryl methyl sites for hydroxylation is 2. The SMILES string of the molecule is Cc1nccc(CNc2nc(NN)nc3sc(C)cc23)n1. The van der Waals surface area contributed by atoms with E-state index in [4.69, 9.17) is 5.84 Å². The van der Waals surface area contributed by atoms with Crippen LogP contribution in [0.15, 0.2) is 18.3 Å². The Morgan fingerprint density at radius 2 is 2.10 bits per heavy atom. The topological polar surface area (TPSA) is 102 Å². The number of nitrogens with zero attached hydrogens (tertiary/aromatic N) is 4. The second-order valence-electron chi connectivity index (χ2n) is 4.56. The van der Waals surface area contributed by atoms with Crippen molar-refractivity contribution in [3.8, 4) is 0 Å². The van der Waals surface area contributed by atoms with Gasteiger partial charge >= 0.3 is 0 Å². The zero-order valence-corrected chi connectivity index (χ0v) is 12.5. The number of anilines is 2. The minimum Gasteiger partial charge on any atom is -0.364 e. The van der Waals surface area contributed by atoms with Gasteiger partial charge in [-0.15, -0.1) is 11.3 Å². The third kappa shape index (κ3) is 2.91. The van der Waals surface area contributed by atoms with Gasteiger partial charge in [0.25, 0.3) is 0 Å². The van der Waals surface area contributed by atoms with Gasteiger partial charge in [-0.25, -0.2) is 20.8 Å². The van der Waals surface area contributed by atoms with E-state index in [1.165, 1.54) is 4.88 Å². The summed E-state index contributed by atoms with van der Waals surface area (Å²) >= 11 is 1.61. The molecule has 0 amide bonds. The summed E-state index contributed by atoms with van der Waals surface area (Å²) < 4.78 is 0. The number of fused-ring (bicyclic) bond motifs is 1. The molecule has 0 fully saturated rings. The van der Waals surface area contributed by atoms with E-state index in [0.717, 1.165) is 27.6 Å². The number of rotatable bonds is 4. The smallest absolute Gasteiger partial charge is 0.240 e.